The summed E-state index contributed by atoms with van der Waals surface area (Å²) in [4.78, 5) is 42.1. The van der Waals surface area contributed by atoms with Crippen molar-refractivity contribution in [2.75, 3.05) is 27.2 Å². The third-order valence-corrected chi connectivity index (χ3v) is 5.07. The first-order valence-electron chi connectivity index (χ1n) is 8.10. The van der Waals surface area contributed by atoms with Gasteiger partial charge in [0.05, 0.1) is 11.1 Å². The van der Waals surface area contributed by atoms with Gasteiger partial charge in [0, 0.05) is 33.2 Å². The minimum absolute atomic E-state index is 0.00156. The first kappa shape index (κ1) is 14.9. The van der Waals surface area contributed by atoms with E-state index in [1.165, 1.54) is 16.0 Å². The van der Waals surface area contributed by atoms with Gasteiger partial charge in [0.2, 0.25) is 0 Å². The van der Waals surface area contributed by atoms with Crippen LogP contribution in [0.4, 0.5) is 4.79 Å². The maximum atomic E-state index is 12.6. The van der Waals surface area contributed by atoms with Crippen molar-refractivity contribution < 1.29 is 14.4 Å². The first-order valence-corrected chi connectivity index (χ1v) is 8.10. The molecule has 2 aliphatic heterocycles. The predicted octanol–water partition coefficient (Wildman–Crippen LogP) is 1.74. The Morgan fingerprint density at radius 2 is 1.50 bits per heavy atom. The molecule has 0 unspecified atom stereocenters. The van der Waals surface area contributed by atoms with E-state index in [-0.39, 0.29) is 23.9 Å². The highest BCUT2D eigenvalue weighted by atomic mass is 16.2. The van der Waals surface area contributed by atoms with E-state index in [2.05, 4.69) is 0 Å². The highest BCUT2D eigenvalue weighted by molar-refractivity contribution is 6.21. The van der Waals surface area contributed by atoms with Crippen LogP contribution in [-0.2, 0) is 0 Å². The van der Waals surface area contributed by atoms with Crippen LogP contribution in [0.1, 0.15) is 33.6 Å². The normalized spacial score (nSPS) is 20.1. The van der Waals surface area contributed by atoms with Crippen molar-refractivity contribution in [3.8, 4) is 0 Å². The van der Waals surface area contributed by atoms with Gasteiger partial charge in [-0.05, 0) is 36.1 Å². The summed E-state index contributed by atoms with van der Waals surface area (Å²) in [6.07, 6.45) is 1.36. The number of rotatable bonds is 1. The van der Waals surface area contributed by atoms with Gasteiger partial charge in [0.15, 0.2) is 0 Å². The molecule has 0 aromatic heterocycles. The van der Waals surface area contributed by atoms with E-state index < -0.39 is 0 Å². The fraction of sp³-hybridized carbons (Fsp3) is 0.389. The molecule has 0 fully saturated rings. The number of benzene rings is 1. The standard InChI is InChI=1S/C18H19N3O3/c1-19(2)18(24)20-9-11-7-13(8-12(11)10-20)21-16(22)14-5-3-4-6-15(14)17(21)23/h3-6,13H,7-10H2,1-2H3. The SMILES string of the molecule is CN(C)C(=O)N1CC2=C(CC(N3C(=O)c4ccccc4C3=O)C2)C1. The van der Waals surface area contributed by atoms with Crippen LogP contribution in [0, 0.1) is 0 Å². The van der Waals surface area contributed by atoms with E-state index in [4.69, 9.17) is 0 Å². The van der Waals surface area contributed by atoms with Gasteiger partial charge < -0.3 is 9.80 Å². The molecule has 0 atom stereocenters. The molecule has 4 rings (SSSR count). The van der Waals surface area contributed by atoms with Crippen LogP contribution < -0.4 is 0 Å². The molecule has 2 heterocycles. The Hall–Kier alpha value is -2.63. The molecule has 24 heavy (non-hydrogen) atoms. The number of likely N-dealkylation sites (tertiary alicyclic amines) is 1. The molecular formula is C18H19N3O3. The Bertz CT molecular complexity index is 743. The monoisotopic (exact) mass is 325 g/mol. The van der Waals surface area contributed by atoms with Crippen molar-refractivity contribution in [2.24, 2.45) is 0 Å². The Labute approximate surface area is 140 Å². The number of nitrogens with zero attached hydrogens (tertiary/aromatic N) is 3. The maximum absolute atomic E-state index is 12.6. The Morgan fingerprint density at radius 3 is 1.96 bits per heavy atom. The van der Waals surface area contributed by atoms with Gasteiger partial charge in [-0.1, -0.05) is 12.1 Å². The zero-order valence-electron chi connectivity index (χ0n) is 13.8. The predicted molar refractivity (Wildman–Crippen MR) is 87.6 cm³/mol. The second kappa shape index (κ2) is 5.19. The highest BCUT2D eigenvalue weighted by Crippen LogP contribution is 2.38. The Balaban J connectivity index is 1.49. The van der Waals surface area contributed by atoms with Crippen molar-refractivity contribution in [3.63, 3.8) is 0 Å². The molecule has 3 aliphatic rings. The van der Waals surface area contributed by atoms with Crippen LogP contribution in [0.15, 0.2) is 35.4 Å². The lowest BCUT2D eigenvalue weighted by molar-refractivity contribution is 0.0587. The summed E-state index contributed by atoms with van der Waals surface area (Å²) in [5.74, 6) is -0.383. The second-order valence-corrected chi connectivity index (χ2v) is 6.83. The number of carbonyl (C=O) groups excluding carboxylic acids is 3. The van der Waals surface area contributed by atoms with Gasteiger partial charge in [-0.15, -0.1) is 0 Å². The summed E-state index contributed by atoms with van der Waals surface area (Å²) >= 11 is 0. The van der Waals surface area contributed by atoms with Crippen LogP contribution in [0.25, 0.3) is 0 Å². The zero-order valence-corrected chi connectivity index (χ0v) is 13.8. The molecule has 1 aromatic carbocycles. The minimum atomic E-state index is -0.192. The van der Waals surface area contributed by atoms with Crippen LogP contribution >= 0.6 is 0 Å². The van der Waals surface area contributed by atoms with E-state index in [9.17, 15) is 14.4 Å². The third-order valence-electron chi connectivity index (χ3n) is 5.07. The zero-order chi connectivity index (χ0) is 17.0. The molecule has 0 spiro atoms. The number of hydrogen-bond donors (Lipinski definition) is 0. The molecule has 0 saturated carbocycles. The van der Waals surface area contributed by atoms with E-state index in [1.807, 2.05) is 4.90 Å². The molecule has 6 nitrogen and oxygen atoms in total. The van der Waals surface area contributed by atoms with Crippen LogP contribution in [0.5, 0.6) is 0 Å². The number of fused-ring (bicyclic) bond motifs is 1. The largest absolute Gasteiger partial charge is 0.331 e. The van der Waals surface area contributed by atoms with Crippen LogP contribution in [-0.4, -0.2) is 65.8 Å². The Morgan fingerprint density at radius 1 is 1.00 bits per heavy atom. The summed E-state index contributed by atoms with van der Waals surface area (Å²) in [5, 5.41) is 0. The fourth-order valence-electron chi connectivity index (χ4n) is 3.94. The average molecular weight is 325 g/mol. The van der Waals surface area contributed by atoms with Crippen molar-refractivity contribution in [1.29, 1.82) is 0 Å². The quantitative estimate of drug-likeness (QED) is 0.584. The van der Waals surface area contributed by atoms with E-state index >= 15 is 0 Å². The second-order valence-electron chi connectivity index (χ2n) is 6.83. The molecule has 6 heteroatoms. The maximum Gasteiger partial charge on any atom is 0.320 e. The topological polar surface area (TPSA) is 60.9 Å². The van der Waals surface area contributed by atoms with Gasteiger partial charge in [-0.25, -0.2) is 4.79 Å². The van der Waals surface area contributed by atoms with Crippen molar-refractivity contribution in [1.82, 2.24) is 14.7 Å². The summed E-state index contributed by atoms with van der Waals surface area (Å²) in [5.41, 5.74) is 3.40. The fourth-order valence-corrected chi connectivity index (χ4v) is 3.94. The van der Waals surface area contributed by atoms with E-state index in [0.29, 0.717) is 37.1 Å². The van der Waals surface area contributed by atoms with Crippen LogP contribution in [0.2, 0.25) is 0 Å². The third kappa shape index (κ3) is 2.06. The van der Waals surface area contributed by atoms with E-state index in [1.54, 1.807) is 43.3 Å². The molecule has 124 valence electrons. The van der Waals surface area contributed by atoms with Crippen molar-refractivity contribution in [2.45, 2.75) is 18.9 Å². The number of imide groups is 1. The van der Waals surface area contributed by atoms with Gasteiger partial charge >= 0.3 is 6.03 Å². The molecule has 0 N–H and O–H groups in total. The summed E-state index contributed by atoms with van der Waals surface area (Å²) in [6.45, 7) is 1.21. The van der Waals surface area contributed by atoms with Crippen molar-refractivity contribution in [3.05, 3.63) is 46.5 Å². The molecule has 0 radical (unpaired) electrons. The highest BCUT2D eigenvalue weighted by Gasteiger charge is 2.44. The number of urea groups is 1. The minimum Gasteiger partial charge on any atom is -0.331 e. The molecule has 4 amide bonds. The molecule has 1 aromatic rings. The number of amides is 4. The van der Waals surface area contributed by atoms with E-state index in [0.717, 1.165) is 0 Å². The van der Waals surface area contributed by atoms with Crippen LogP contribution in [0.3, 0.4) is 0 Å². The van der Waals surface area contributed by atoms with Gasteiger partial charge in [0.1, 0.15) is 0 Å². The van der Waals surface area contributed by atoms with Gasteiger partial charge in [0.25, 0.3) is 11.8 Å². The summed E-state index contributed by atoms with van der Waals surface area (Å²) < 4.78 is 0. The lowest BCUT2D eigenvalue weighted by Crippen LogP contribution is -2.42. The van der Waals surface area contributed by atoms with Gasteiger partial charge in [-0.3, -0.25) is 14.5 Å². The number of hydrogen-bond acceptors (Lipinski definition) is 3. The van der Waals surface area contributed by atoms with Gasteiger partial charge in [-0.2, -0.15) is 0 Å². The lowest BCUT2D eigenvalue weighted by Gasteiger charge is -2.27. The lowest BCUT2D eigenvalue weighted by atomic mass is 10.1. The smallest absolute Gasteiger partial charge is 0.320 e. The van der Waals surface area contributed by atoms with Crippen molar-refractivity contribution >= 4 is 17.8 Å². The molecule has 0 bridgehead atoms. The average Bonchev–Trinajstić information content (AvgIpc) is 3.18. The first-order chi connectivity index (χ1) is 11.5. The molecule has 1 aliphatic carbocycles. The number of carbonyl (C=O) groups is 3. The molecule has 0 saturated heterocycles. The summed E-state index contributed by atoms with van der Waals surface area (Å²) in [7, 11) is 3.49. The summed E-state index contributed by atoms with van der Waals surface area (Å²) in [6, 6.07) is 6.88. The molecular weight excluding hydrogens is 306 g/mol. The Kier molecular flexibility index (Phi) is 3.23.